The van der Waals surface area contributed by atoms with E-state index in [1.165, 1.54) is 0 Å². The minimum Gasteiger partial charge on any atom is -0.370 e. The second-order valence-electron chi connectivity index (χ2n) is 2.01. The molecular formula is C6H14N4O. The number of hydrogen-bond acceptors (Lipinski definition) is 2. The highest BCUT2D eigenvalue weighted by atomic mass is 16.1. The second kappa shape index (κ2) is 5.52. The quantitative estimate of drug-likeness (QED) is 0.354. The minimum absolute atomic E-state index is 0.0225. The first-order chi connectivity index (χ1) is 5.16. The molecule has 5 nitrogen and oxygen atoms in total. The molecule has 0 aliphatic heterocycles. The van der Waals surface area contributed by atoms with Gasteiger partial charge in [-0.3, -0.25) is 9.79 Å². The first kappa shape index (κ1) is 9.74. The lowest BCUT2D eigenvalue weighted by atomic mass is 10.4. The molecule has 0 spiro atoms. The number of guanidine groups is 1. The van der Waals surface area contributed by atoms with E-state index in [-0.39, 0.29) is 11.9 Å². The zero-order valence-corrected chi connectivity index (χ0v) is 6.63. The van der Waals surface area contributed by atoms with E-state index in [2.05, 4.69) is 10.3 Å². The zero-order chi connectivity index (χ0) is 8.69. The summed E-state index contributed by atoms with van der Waals surface area (Å²) in [5.74, 6) is -0.00759. The molecule has 64 valence electrons. The average Bonchev–Trinajstić information content (AvgIpc) is 1.87. The van der Waals surface area contributed by atoms with Crippen LogP contribution in [0.5, 0.6) is 0 Å². The molecule has 0 aliphatic carbocycles. The van der Waals surface area contributed by atoms with Crippen LogP contribution in [0.1, 0.15) is 13.3 Å². The van der Waals surface area contributed by atoms with Crippen LogP contribution in [0.15, 0.2) is 4.99 Å². The minimum atomic E-state index is -0.0301. The summed E-state index contributed by atoms with van der Waals surface area (Å²) in [4.78, 5) is 14.4. The summed E-state index contributed by atoms with van der Waals surface area (Å²) in [6.45, 7) is 2.85. The third kappa shape index (κ3) is 6.63. The number of nitrogens with zero attached hydrogens (tertiary/aromatic N) is 1. The predicted molar refractivity (Wildman–Crippen MR) is 44.0 cm³/mol. The zero-order valence-electron chi connectivity index (χ0n) is 6.63. The fraction of sp³-hybridized carbons (Fsp3) is 0.667. The van der Waals surface area contributed by atoms with E-state index in [9.17, 15) is 4.79 Å². The van der Waals surface area contributed by atoms with Gasteiger partial charge < -0.3 is 16.8 Å². The fourth-order valence-electron chi connectivity index (χ4n) is 0.572. The lowest BCUT2D eigenvalue weighted by Gasteiger charge is -1.98. The monoisotopic (exact) mass is 158 g/mol. The molecule has 5 heteroatoms. The maximum atomic E-state index is 10.8. The van der Waals surface area contributed by atoms with Gasteiger partial charge in [-0.25, -0.2) is 0 Å². The van der Waals surface area contributed by atoms with Gasteiger partial charge in [0.25, 0.3) is 0 Å². The lowest BCUT2D eigenvalue weighted by molar-refractivity contribution is -0.120. The van der Waals surface area contributed by atoms with Crippen LogP contribution in [0.2, 0.25) is 0 Å². The summed E-state index contributed by atoms with van der Waals surface area (Å²) >= 11 is 0. The third-order valence-corrected chi connectivity index (χ3v) is 1.01. The van der Waals surface area contributed by atoms with Gasteiger partial charge in [0.2, 0.25) is 5.91 Å². The normalized spacial score (nSPS) is 8.82. The van der Waals surface area contributed by atoms with Crippen LogP contribution in [0.4, 0.5) is 0 Å². The molecule has 5 N–H and O–H groups in total. The molecule has 0 aromatic heterocycles. The molecule has 0 aliphatic rings. The van der Waals surface area contributed by atoms with Gasteiger partial charge in [-0.2, -0.15) is 0 Å². The van der Waals surface area contributed by atoms with Crippen molar-refractivity contribution in [3.8, 4) is 0 Å². The Bertz CT molecular complexity index is 151. The molecule has 0 heterocycles. The summed E-state index contributed by atoms with van der Waals surface area (Å²) in [6, 6.07) is 0. The average molecular weight is 158 g/mol. The molecule has 0 saturated heterocycles. The van der Waals surface area contributed by atoms with Gasteiger partial charge in [0.15, 0.2) is 5.96 Å². The Morgan fingerprint density at radius 2 is 2.18 bits per heavy atom. The number of nitrogens with two attached hydrogens (primary N) is 2. The van der Waals surface area contributed by atoms with Crippen LogP contribution >= 0.6 is 0 Å². The maximum Gasteiger partial charge on any atom is 0.221 e. The van der Waals surface area contributed by atoms with Gasteiger partial charge in [-0.05, 0) is 6.92 Å². The van der Waals surface area contributed by atoms with Gasteiger partial charge >= 0.3 is 0 Å². The Hall–Kier alpha value is -1.26. The van der Waals surface area contributed by atoms with E-state index in [1.807, 2.05) is 6.92 Å². The van der Waals surface area contributed by atoms with Crippen molar-refractivity contribution in [2.24, 2.45) is 16.5 Å². The van der Waals surface area contributed by atoms with E-state index in [0.717, 1.165) is 0 Å². The summed E-state index contributed by atoms with van der Waals surface area (Å²) < 4.78 is 0. The Morgan fingerprint density at radius 1 is 1.55 bits per heavy atom. The number of carbonyl (C=O) groups excluding carboxylic acids is 1. The van der Waals surface area contributed by atoms with Crippen LogP contribution in [0.25, 0.3) is 0 Å². The second-order valence-corrected chi connectivity index (χ2v) is 2.01. The van der Waals surface area contributed by atoms with Gasteiger partial charge in [0, 0.05) is 13.0 Å². The van der Waals surface area contributed by atoms with E-state index in [1.54, 1.807) is 0 Å². The Labute approximate surface area is 65.9 Å². The molecule has 0 bridgehead atoms. The van der Waals surface area contributed by atoms with Gasteiger partial charge in [-0.1, -0.05) is 0 Å². The number of rotatable bonds is 4. The fourth-order valence-corrected chi connectivity index (χ4v) is 0.572. The lowest BCUT2D eigenvalue weighted by Crippen LogP contribution is -2.25. The highest BCUT2D eigenvalue weighted by Crippen LogP contribution is 1.79. The van der Waals surface area contributed by atoms with E-state index >= 15 is 0 Å². The molecule has 0 radical (unpaired) electrons. The molecule has 1 amide bonds. The predicted octanol–water partition coefficient (Wildman–Crippen LogP) is -1.21. The highest BCUT2D eigenvalue weighted by molar-refractivity contribution is 5.78. The molecule has 0 atom stereocenters. The molecule has 0 saturated carbocycles. The van der Waals surface area contributed by atoms with Crippen molar-refractivity contribution in [2.75, 3.05) is 13.1 Å². The SMILES string of the molecule is CCNC(=O)CCN=C(N)N. The van der Waals surface area contributed by atoms with E-state index in [0.29, 0.717) is 19.5 Å². The number of amides is 1. The number of nitrogens with one attached hydrogen (secondary N) is 1. The van der Waals surface area contributed by atoms with Crippen molar-refractivity contribution in [3.63, 3.8) is 0 Å². The summed E-state index contributed by atoms with van der Waals surface area (Å²) in [6.07, 6.45) is 0.339. The van der Waals surface area contributed by atoms with Crippen LogP contribution in [0.3, 0.4) is 0 Å². The van der Waals surface area contributed by atoms with Gasteiger partial charge in [0.1, 0.15) is 0 Å². The van der Waals surface area contributed by atoms with Crippen molar-refractivity contribution in [3.05, 3.63) is 0 Å². The summed E-state index contributed by atoms with van der Waals surface area (Å²) in [5, 5.41) is 2.63. The molecule has 0 aromatic carbocycles. The molecule has 0 rings (SSSR count). The highest BCUT2D eigenvalue weighted by Gasteiger charge is 1.96. The van der Waals surface area contributed by atoms with Crippen molar-refractivity contribution in [1.29, 1.82) is 0 Å². The summed E-state index contributed by atoms with van der Waals surface area (Å²) in [7, 11) is 0. The van der Waals surface area contributed by atoms with Crippen LogP contribution < -0.4 is 16.8 Å². The first-order valence-electron chi connectivity index (χ1n) is 3.49. The van der Waals surface area contributed by atoms with E-state index < -0.39 is 0 Å². The maximum absolute atomic E-state index is 10.8. The van der Waals surface area contributed by atoms with Crippen molar-refractivity contribution >= 4 is 11.9 Å². The van der Waals surface area contributed by atoms with Crippen molar-refractivity contribution in [2.45, 2.75) is 13.3 Å². The first-order valence-corrected chi connectivity index (χ1v) is 3.49. The topological polar surface area (TPSA) is 93.5 Å². The van der Waals surface area contributed by atoms with Crippen LogP contribution in [0, 0.1) is 0 Å². The van der Waals surface area contributed by atoms with Crippen LogP contribution in [-0.2, 0) is 4.79 Å². The molecule has 0 aromatic rings. The van der Waals surface area contributed by atoms with Crippen molar-refractivity contribution in [1.82, 2.24) is 5.32 Å². The van der Waals surface area contributed by atoms with Crippen LogP contribution in [-0.4, -0.2) is 25.0 Å². The standard InChI is InChI=1S/C6H14N4O/c1-2-9-5(11)3-4-10-6(7)8/h2-4H2,1H3,(H,9,11)(H4,7,8,10). The molecular weight excluding hydrogens is 144 g/mol. The third-order valence-electron chi connectivity index (χ3n) is 1.01. The number of carbonyl (C=O) groups is 1. The smallest absolute Gasteiger partial charge is 0.221 e. The number of hydrogen-bond donors (Lipinski definition) is 3. The Kier molecular flexibility index (Phi) is 4.89. The molecule has 11 heavy (non-hydrogen) atoms. The molecule has 0 unspecified atom stereocenters. The van der Waals surface area contributed by atoms with E-state index in [4.69, 9.17) is 11.5 Å². The number of aliphatic imine (C=N–C) groups is 1. The van der Waals surface area contributed by atoms with Gasteiger partial charge in [-0.15, -0.1) is 0 Å². The molecule has 0 fully saturated rings. The Morgan fingerprint density at radius 3 is 2.64 bits per heavy atom. The Balaban J connectivity index is 3.39. The van der Waals surface area contributed by atoms with Crippen molar-refractivity contribution < 1.29 is 4.79 Å². The van der Waals surface area contributed by atoms with Gasteiger partial charge in [0.05, 0.1) is 6.54 Å². The summed E-state index contributed by atoms with van der Waals surface area (Å²) in [5.41, 5.74) is 10.1. The largest absolute Gasteiger partial charge is 0.370 e.